The van der Waals surface area contributed by atoms with Gasteiger partial charge in [0.2, 0.25) is 0 Å². The van der Waals surface area contributed by atoms with Crippen molar-refractivity contribution in [3.8, 4) is 16.2 Å². The van der Waals surface area contributed by atoms with E-state index in [2.05, 4.69) is 35.5 Å². The number of carboxylic acid groups (broad SMARTS) is 1. The highest BCUT2D eigenvalue weighted by Gasteiger charge is 2.34. The topological polar surface area (TPSA) is 115 Å². The van der Waals surface area contributed by atoms with Crippen LogP contribution in [0.25, 0.3) is 10.4 Å². The van der Waals surface area contributed by atoms with Gasteiger partial charge in [0.1, 0.15) is 10.6 Å². The third kappa shape index (κ3) is 4.05. The number of hydrogen-bond donors (Lipinski definition) is 3. The normalized spacial score (nSPS) is 17.4. The minimum Gasteiger partial charge on any atom is -0.505 e. The number of aromatic carboxylic acids is 1. The molecule has 1 aromatic heterocycles. The average Bonchev–Trinajstić information content (AvgIpc) is 3.51. The number of carboxylic acids is 1. The molecule has 3 aromatic rings. The van der Waals surface area contributed by atoms with E-state index in [1.54, 1.807) is 25.1 Å². The van der Waals surface area contributed by atoms with Crippen LogP contribution in [0, 0.1) is 6.92 Å². The second-order valence-electron chi connectivity index (χ2n) is 9.78. The van der Waals surface area contributed by atoms with E-state index in [0.717, 1.165) is 29.7 Å². The third-order valence-electron chi connectivity index (χ3n) is 6.70. The van der Waals surface area contributed by atoms with E-state index in [9.17, 15) is 19.8 Å². The van der Waals surface area contributed by atoms with Gasteiger partial charge in [0.25, 0.3) is 0 Å². The van der Waals surface area contributed by atoms with Gasteiger partial charge in [0.15, 0.2) is 5.71 Å². The Bertz CT molecular complexity index is 1480. The number of hydrazone groups is 2. The standard InChI is InChI=1S/C27H26N4O4S/c1-14-11-18(21-7-8-22(36-21)26(34)35)24(32)20(12-14)28-29-23-15(2)30-31(25(23)33)17-6-5-16-9-10-27(3,4)19(16)13-17/h5-8,11-13,28,32H,9-10H2,1-4H3,(H,34,35)/b29-23-. The lowest BCUT2D eigenvalue weighted by Crippen LogP contribution is -2.28. The molecule has 3 N–H and O–H groups in total. The highest BCUT2D eigenvalue weighted by Crippen LogP contribution is 2.41. The summed E-state index contributed by atoms with van der Waals surface area (Å²) in [7, 11) is 0. The largest absolute Gasteiger partial charge is 0.505 e. The van der Waals surface area contributed by atoms with Crippen molar-refractivity contribution in [3.63, 3.8) is 0 Å². The maximum atomic E-state index is 13.2. The van der Waals surface area contributed by atoms with E-state index >= 15 is 0 Å². The average molecular weight is 503 g/mol. The van der Waals surface area contributed by atoms with Gasteiger partial charge in [0.05, 0.1) is 17.1 Å². The fraction of sp³-hybridized carbons (Fsp3) is 0.259. The molecule has 0 saturated heterocycles. The monoisotopic (exact) mass is 502 g/mol. The van der Waals surface area contributed by atoms with Gasteiger partial charge >= 0.3 is 11.9 Å². The van der Waals surface area contributed by atoms with Crippen LogP contribution in [-0.2, 0) is 16.6 Å². The number of phenolic OH excluding ortho intramolecular Hbond substituents is 1. The second-order valence-corrected chi connectivity index (χ2v) is 10.9. The summed E-state index contributed by atoms with van der Waals surface area (Å²) in [5, 5.41) is 30.2. The Kier molecular flexibility index (Phi) is 5.67. The molecule has 1 aliphatic heterocycles. The molecule has 2 aromatic carbocycles. The van der Waals surface area contributed by atoms with Gasteiger partial charge in [-0.15, -0.1) is 11.3 Å². The predicted octanol–water partition coefficient (Wildman–Crippen LogP) is 5.54. The molecule has 0 spiro atoms. The Balaban J connectivity index is 1.42. The summed E-state index contributed by atoms with van der Waals surface area (Å²) < 4.78 is 0. The number of aryl methyl sites for hydroxylation is 2. The van der Waals surface area contributed by atoms with Crippen molar-refractivity contribution in [1.82, 2.24) is 0 Å². The summed E-state index contributed by atoms with van der Waals surface area (Å²) in [6.45, 7) is 8.00. The number of anilines is 2. The lowest BCUT2D eigenvalue weighted by Gasteiger charge is -2.21. The third-order valence-corrected chi connectivity index (χ3v) is 7.81. The summed E-state index contributed by atoms with van der Waals surface area (Å²) in [6.07, 6.45) is 2.10. The number of carbonyl (C=O) groups excluding carboxylic acids is 1. The smallest absolute Gasteiger partial charge is 0.345 e. The van der Waals surface area contributed by atoms with E-state index in [-0.39, 0.29) is 27.7 Å². The summed E-state index contributed by atoms with van der Waals surface area (Å²) >= 11 is 1.07. The molecule has 0 fully saturated rings. The van der Waals surface area contributed by atoms with Gasteiger partial charge < -0.3 is 10.2 Å². The number of thiophene rings is 1. The number of rotatable bonds is 5. The summed E-state index contributed by atoms with van der Waals surface area (Å²) in [5.41, 5.74) is 8.36. The Morgan fingerprint density at radius 1 is 1.17 bits per heavy atom. The van der Waals surface area contributed by atoms with Crippen LogP contribution < -0.4 is 10.4 Å². The van der Waals surface area contributed by atoms with Crippen LogP contribution in [-0.4, -0.2) is 33.5 Å². The molecule has 1 aliphatic carbocycles. The fourth-order valence-electron chi connectivity index (χ4n) is 4.69. The second kappa shape index (κ2) is 8.60. The molecule has 0 saturated carbocycles. The highest BCUT2D eigenvalue weighted by atomic mass is 32.1. The minimum atomic E-state index is -1.02. The first-order valence-corrected chi connectivity index (χ1v) is 12.4. The molecule has 9 heteroatoms. The van der Waals surface area contributed by atoms with E-state index in [1.165, 1.54) is 22.2 Å². The van der Waals surface area contributed by atoms with Crippen LogP contribution in [0.2, 0.25) is 0 Å². The van der Waals surface area contributed by atoms with Crippen molar-refractivity contribution in [3.05, 3.63) is 64.0 Å². The van der Waals surface area contributed by atoms with Gasteiger partial charge in [-0.05, 0) is 85.2 Å². The lowest BCUT2D eigenvalue weighted by molar-refractivity contribution is -0.112. The molecule has 2 heterocycles. The Hall–Kier alpha value is -3.98. The molecule has 0 bridgehead atoms. The van der Waals surface area contributed by atoms with Gasteiger partial charge in [-0.3, -0.25) is 10.2 Å². The number of carbonyl (C=O) groups is 2. The number of nitrogens with one attached hydrogen (secondary N) is 1. The van der Waals surface area contributed by atoms with Crippen LogP contribution in [0.4, 0.5) is 11.4 Å². The van der Waals surface area contributed by atoms with Crippen molar-refractivity contribution in [2.75, 3.05) is 10.4 Å². The van der Waals surface area contributed by atoms with Crippen molar-refractivity contribution in [2.45, 2.75) is 46.0 Å². The van der Waals surface area contributed by atoms with E-state index in [1.807, 2.05) is 19.1 Å². The first kappa shape index (κ1) is 23.7. The van der Waals surface area contributed by atoms with Crippen LogP contribution >= 0.6 is 11.3 Å². The molecule has 184 valence electrons. The summed E-state index contributed by atoms with van der Waals surface area (Å²) in [6, 6.07) is 12.7. The number of nitrogens with zero attached hydrogens (tertiary/aromatic N) is 3. The van der Waals surface area contributed by atoms with Gasteiger partial charge in [-0.1, -0.05) is 19.9 Å². The van der Waals surface area contributed by atoms with Crippen LogP contribution in [0.5, 0.6) is 5.75 Å². The molecule has 0 radical (unpaired) electrons. The Labute approximate surface area is 212 Å². The maximum absolute atomic E-state index is 13.2. The van der Waals surface area contributed by atoms with E-state index < -0.39 is 5.97 Å². The van der Waals surface area contributed by atoms with Crippen molar-refractivity contribution in [1.29, 1.82) is 0 Å². The molecule has 0 atom stereocenters. The number of amides is 1. The summed E-state index contributed by atoms with van der Waals surface area (Å²) in [4.78, 5) is 25.3. The molecular weight excluding hydrogens is 476 g/mol. The zero-order valence-electron chi connectivity index (χ0n) is 20.4. The van der Waals surface area contributed by atoms with Crippen molar-refractivity contribution < 1.29 is 19.8 Å². The minimum absolute atomic E-state index is 0.0551. The summed E-state index contributed by atoms with van der Waals surface area (Å²) in [5.74, 6) is -1.46. The molecule has 2 aliphatic rings. The molecule has 36 heavy (non-hydrogen) atoms. The first-order chi connectivity index (χ1) is 17.0. The number of benzene rings is 2. The molecule has 1 amide bonds. The molecule has 5 rings (SSSR count). The van der Waals surface area contributed by atoms with Crippen molar-refractivity contribution >= 4 is 46.0 Å². The van der Waals surface area contributed by atoms with Crippen LogP contribution in [0.1, 0.15) is 53.6 Å². The zero-order valence-corrected chi connectivity index (χ0v) is 21.2. The zero-order chi connectivity index (χ0) is 25.8. The van der Waals surface area contributed by atoms with E-state index in [4.69, 9.17) is 0 Å². The predicted molar refractivity (Wildman–Crippen MR) is 143 cm³/mol. The number of phenols is 1. The van der Waals surface area contributed by atoms with Gasteiger partial charge in [0, 0.05) is 10.4 Å². The van der Waals surface area contributed by atoms with Gasteiger partial charge in [-0.25, -0.2) is 4.79 Å². The van der Waals surface area contributed by atoms with Crippen LogP contribution in [0.3, 0.4) is 0 Å². The first-order valence-electron chi connectivity index (χ1n) is 11.6. The van der Waals surface area contributed by atoms with E-state index in [0.29, 0.717) is 27.5 Å². The number of hydrogen-bond acceptors (Lipinski definition) is 7. The maximum Gasteiger partial charge on any atom is 0.345 e. The Morgan fingerprint density at radius 2 is 1.94 bits per heavy atom. The molecule has 0 unspecified atom stereocenters. The SMILES string of the molecule is CC1=NN(c2ccc3c(c2)C(C)(C)CC3)C(=O)/C1=N\Nc1cc(C)cc(-c2ccc(C(=O)O)s2)c1O. The Morgan fingerprint density at radius 3 is 2.67 bits per heavy atom. The molecular formula is C27H26N4O4S. The fourth-order valence-corrected chi connectivity index (χ4v) is 5.56. The van der Waals surface area contributed by atoms with Crippen molar-refractivity contribution in [2.24, 2.45) is 10.2 Å². The lowest BCUT2D eigenvalue weighted by atomic mass is 9.86. The number of aromatic hydroxyl groups is 1. The quantitative estimate of drug-likeness (QED) is 0.313. The molecule has 8 nitrogen and oxygen atoms in total. The number of fused-ring (bicyclic) bond motifs is 1. The highest BCUT2D eigenvalue weighted by molar-refractivity contribution is 7.17. The van der Waals surface area contributed by atoms with Crippen LogP contribution in [0.15, 0.2) is 52.7 Å². The van der Waals surface area contributed by atoms with Gasteiger partial charge in [-0.2, -0.15) is 15.2 Å².